The number of β-amino-alcohol motifs (C(OH)–C–C–N with tert-alkyl or cyclic N) is 1. The van der Waals surface area contributed by atoms with Crippen molar-refractivity contribution in [2.75, 3.05) is 19.9 Å². The molecule has 2 atom stereocenters. The number of rotatable bonds is 3. The quantitative estimate of drug-likeness (QED) is 0.931. The Kier molecular flexibility index (Phi) is 3.94. The number of piperidine rings is 1. The monoisotopic (exact) mass is 329 g/mol. The summed E-state index contributed by atoms with van der Waals surface area (Å²) in [5, 5.41) is 15.0. The van der Waals surface area contributed by atoms with Crippen molar-refractivity contribution in [3.05, 3.63) is 41.2 Å². The van der Waals surface area contributed by atoms with Gasteiger partial charge in [-0.1, -0.05) is 6.07 Å². The van der Waals surface area contributed by atoms with Crippen molar-refractivity contribution >= 4 is 0 Å². The van der Waals surface area contributed by atoms with E-state index < -0.39 is 0 Å². The molecule has 1 fully saturated rings. The number of likely N-dealkylation sites (tertiary alicyclic amines) is 1. The van der Waals surface area contributed by atoms with Gasteiger partial charge in [-0.3, -0.25) is 9.58 Å². The lowest BCUT2D eigenvalue weighted by Crippen LogP contribution is -2.42. The largest absolute Gasteiger partial charge is 0.454 e. The lowest BCUT2D eigenvalue weighted by molar-refractivity contribution is 0.0475. The van der Waals surface area contributed by atoms with Gasteiger partial charge in [0.15, 0.2) is 11.5 Å². The van der Waals surface area contributed by atoms with Crippen molar-refractivity contribution in [2.45, 2.75) is 31.9 Å². The zero-order chi connectivity index (χ0) is 16.7. The van der Waals surface area contributed by atoms with Crippen molar-refractivity contribution in [3.8, 4) is 11.5 Å². The van der Waals surface area contributed by atoms with Gasteiger partial charge in [-0.25, -0.2) is 0 Å². The minimum atomic E-state index is -0.379. The molecule has 2 aromatic rings. The average Bonchev–Trinajstić information content (AvgIpc) is 3.16. The smallest absolute Gasteiger partial charge is 0.231 e. The summed E-state index contributed by atoms with van der Waals surface area (Å²) in [5.74, 6) is 1.72. The Balaban J connectivity index is 1.44. The molecule has 0 spiro atoms. The summed E-state index contributed by atoms with van der Waals surface area (Å²) in [4.78, 5) is 2.30. The molecule has 2 aliphatic heterocycles. The van der Waals surface area contributed by atoms with Gasteiger partial charge in [0.2, 0.25) is 6.79 Å². The van der Waals surface area contributed by atoms with Crippen LogP contribution in [0.25, 0.3) is 0 Å². The van der Waals surface area contributed by atoms with Gasteiger partial charge in [-0.05, 0) is 37.6 Å². The van der Waals surface area contributed by atoms with E-state index in [0.717, 1.165) is 36.6 Å². The second-order valence-electron chi connectivity index (χ2n) is 6.69. The van der Waals surface area contributed by atoms with E-state index in [0.29, 0.717) is 6.54 Å². The molecule has 1 saturated heterocycles. The van der Waals surface area contributed by atoms with Crippen LogP contribution < -0.4 is 9.47 Å². The van der Waals surface area contributed by atoms with Crippen molar-refractivity contribution in [1.82, 2.24) is 14.7 Å². The first-order chi connectivity index (χ1) is 11.6. The first-order valence-corrected chi connectivity index (χ1v) is 8.39. The van der Waals surface area contributed by atoms with E-state index in [2.05, 4.69) is 16.9 Å². The van der Waals surface area contributed by atoms with Gasteiger partial charge in [-0.2, -0.15) is 5.10 Å². The first kappa shape index (κ1) is 15.5. The zero-order valence-electron chi connectivity index (χ0n) is 14.1. The second-order valence-corrected chi connectivity index (χ2v) is 6.69. The fourth-order valence-electron chi connectivity index (χ4n) is 3.61. The molecule has 6 nitrogen and oxygen atoms in total. The highest BCUT2D eigenvalue weighted by Gasteiger charge is 2.30. The molecule has 6 heteroatoms. The standard InChI is InChI=1S/C18H23N3O3/c1-12-14(8-19-20(12)2)9-21-6-5-15(16(22)10-21)13-3-4-17-18(7-13)24-11-23-17/h3-4,7-8,15-16,22H,5-6,9-11H2,1-2H3/t15-,16+/m0/s1. The maximum Gasteiger partial charge on any atom is 0.231 e. The SMILES string of the molecule is Cc1c(CN2CC[C@@H](c3ccc4c(c3)OCO4)[C@H](O)C2)cnn1C. The predicted octanol–water partition coefficient (Wildman–Crippen LogP) is 1.81. The summed E-state index contributed by atoms with van der Waals surface area (Å²) < 4.78 is 12.7. The third-order valence-corrected chi connectivity index (χ3v) is 5.22. The van der Waals surface area contributed by atoms with Crippen LogP contribution in [-0.2, 0) is 13.6 Å². The number of hydrogen-bond acceptors (Lipinski definition) is 5. The number of ether oxygens (including phenoxy) is 2. The minimum Gasteiger partial charge on any atom is -0.454 e. The van der Waals surface area contributed by atoms with Crippen LogP contribution in [0.1, 0.15) is 29.2 Å². The Labute approximate surface area is 141 Å². The van der Waals surface area contributed by atoms with Crippen LogP contribution in [0.3, 0.4) is 0 Å². The summed E-state index contributed by atoms with van der Waals surface area (Å²) in [6.45, 7) is 4.84. The molecule has 0 bridgehead atoms. The van der Waals surface area contributed by atoms with Gasteiger partial charge >= 0.3 is 0 Å². The summed E-state index contributed by atoms with van der Waals surface area (Å²) >= 11 is 0. The van der Waals surface area contributed by atoms with Crippen LogP contribution in [0.5, 0.6) is 11.5 Å². The summed E-state index contributed by atoms with van der Waals surface area (Å²) in [7, 11) is 1.96. The molecule has 0 unspecified atom stereocenters. The highest BCUT2D eigenvalue weighted by Crippen LogP contribution is 2.37. The van der Waals surface area contributed by atoms with Crippen molar-refractivity contribution < 1.29 is 14.6 Å². The molecule has 128 valence electrons. The Morgan fingerprint density at radius 2 is 2.12 bits per heavy atom. The number of nitrogens with zero attached hydrogens (tertiary/aromatic N) is 3. The van der Waals surface area contributed by atoms with Crippen LogP contribution in [0.15, 0.2) is 24.4 Å². The van der Waals surface area contributed by atoms with Gasteiger partial charge in [0.1, 0.15) is 0 Å². The fourth-order valence-corrected chi connectivity index (χ4v) is 3.61. The number of fused-ring (bicyclic) bond motifs is 1. The molecule has 1 N–H and O–H groups in total. The molecule has 0 amide bonds. The van der Waals surface area contributed by atoms with Crippen molar-refractivity contribution in [3.63, 3.8) is 0 Å². The highest BCUT2D eigenvalue weighted by molar-refractivity contribution is 5.45. The van der Waals surface area contributed by atoms with E-state index in [4.69, 9.17) is 9.47 Å². The van der Waals surface area contributed by atoms with E-state index in [1.807, 2.05) is 36.1 Å². The van der Waals surface area contributed by atoms with Crippen LogP contribution in [-0.4, -0.2) is 45.8 Å². The van der Waals surface area contributed by atoms with Gasteiger partial charge in [0.25, 0.3) is 0 Å². The Hall–Kier alpha value is -2.05. The normalized spacial score (nSPS) is 23.6. The van der Waals surface area contributed by atoms with Crippen LogP contribution in [0.4, 0.5) is 0 Å². The second kappa shape index (κ2) is 6.11. The van der Waals surface area contributed by atoms with E-state index in [1.54, 1.807) is 0 Å². The molecule has 1 aromatic carbocycles. The predicted molar refractivity (Wildman–Crippen MR) is 89.2 cm³/mol. The average molecular weight is 329 g/mol. The lowest BCUT2D eigenvalue weighted by atomic mass is 9.86. The number of aryl methyl sites for hydroxylation is 1. The van der Waals surface area contributed by atoms with E-state index >= 15 is 0 Å². The molecule has 0 radical (unpaired) electrons. The molecule has 4 rings (SSSR count). The number of aliphatic hydroxyl groups excluding tert-OH is 1. The minimum absolute atomic E-state index is 0.144. The number of aromatic nitrogens is 2. The molecule has 0 aliphatic carbocycles. The third-order valence-electron chi connectivity index (χ3n) is 5.22. The van der Waals surface area contributed by atoms with Crippen molar-refractivity contribution in [1.29, 1.82) is 0 Å². The third kappa shape index (κ3) is 2.76. The molecular formula is C18H23N3O3. The van der Waals surface area contributed by atoms with Crippen molar-refractivity contribution in [2.24, 2.45) is 7.05 Å². The number of aliphatic hydroxyl groups is 1. The van der Waals surface area contributed by atoms with Gasteiger partial charge in [0, 0.05) is 37.3 Å². The molecule has 1 aromatic heterocycles. The van der Waals surface area contributed by atoms with Gasteiger partial charge in [0.05, 0.1) is 12.3 Å². The van der Waals surface area contributed by atoms with E-state index in [1.165, 1.54) is 11.3 Å². The Morgan fingerprint density at radius 3 is 2.88 bits per heavy atom. The topological polar surface area (TPSA) is 59.8 Å². The van der Waals surface area contributed by atoms with Crippen LogP contribution in [0, 0.1) is 6.92 Å². The molecule has 2 aliphatic rings. The fraction of sp³-hybridized carbons (Fsp3) is 0.500. The summed E-state index contributed by atoms with van der Waals surface area (Å²) in [6, 6.07) is 6.00. The van der Waals surface area contributed by atoms with E-state index in [-0.39, 0.29) is 18.8 Å². The molecule has 0 saturated carbocycles. The van der Waals surface area contributed by atoms with E-state index in [9.17, 15) is 5.11 Å². The lowest BCUT2D eigenvalue weighted by Gasteiger charge is -2.36. The summed E-state index contributed by atoms with van der Waals surface area (Å²) in [6.07, 6.45) is 2.47. The Morgan fingerprint density at radius 1 is 1.29 bits per heavy atom. The maximum absolute atomic E-state index is 10.7. The Bertz CT molecular complexity index is 743. The molecule has 24 heavy (non-hydrogen) atoms. The first-order valence-electron chi connectivity index (χ1n) is 8.39. The number of benzene rings is 1. The van der Waals surface area contributed by atoms with Gasteiger partial charge in [-0.15, -0.1) is 0 Å². The molecule has 3 heterocycles. The summed E-state index contributed by atoms with van der Waals surface area (Å²) in [5.41, 5.74) is 3.54. The van der Waals surface area contributed by atoms with Gasteiger partial charge < -0.3 is 14.6 Å². The maximum atomic E-state index is 10.7. The highest BCUT2D eigenvalue weighted by atomic mass is 16.7. The number of hydrogen-bond donors (Lipinski definition) is 1. The molecular weight excluding hydrogens is 306 g/mol. The zero-order valence-corrected chi connectivity index (χ0v) is 14.1. The van der Waals surface area contributed by atoms with Crippen LogP contribution in [0.2, 0.25) is 0 Å². The van der Waals surface area contributed by atoms with Crippen LogP contribution >= 0.6 is 0 Å².